The second kappa shape index (κ2) is 2.73. The van der Waals surface area contributed by atoms with Crippen molar-refractivity contribution in [3.8, 4) is 0 Å². The Morgan fingerprint density at radius 2 is 1.91 bits per heavy atom. The van der Waals surface area contributed by atoms with Gasteiger partial charge in [0.15, 0.2) is 0 Å². The summed E-state index contributed by atoms with van der Waals surface area (Å²) < 4.78 is 0. The maximum absolute atomic E-state index is 5.75. The Kier molecular flexibility index (Phi) is 1.87. The lowest BCUT2D eigenvalue weighted by molar-refractivity contribution is 0.178. The van der Waals surface area contributed by atoms with Crippen molar-refractivity contribution in [2.24, 2.45) is 17.7 Å². The Morgan fingerprint density at radius 1 is 1.18 bits per heavy atom. The molecule has 3 heteroatoms. The van der Waals surface area contributed by atoms with Crippen molar-refractivity contribution in [2.45, 2.75) is 6.42 Å². The van der Waals surface area contributed by atoms with E-state index in [-0.39, 0.29) is 0 Å². The Morgan fingerprint density at radius 3 is 2.73 bits per heavy atom. The minimum Gasteiger partial charge on any atom is -0.306 e. The van der Waals surface area contributed by atoms with Crippen molar-refractivity contribution in [3.63, 3.8) is 0 Å². The summed E-state index contributed by atoms with van der Waals surface area (Å²) in [5.74, 6) is 7.49. The molecule has 2 aliphatic rings. The van der Waals surface area contributed by atoms with E-state index in [4.69, 9.17) is 5.84 Å². The smallest absolute Gasteiger partial charge is 0.0172 e. The molecule has 3 nitrogen and oxygen atoms in total. The number of hydrazine groups is 1. The largest absolute Gasteiger partial charge is 0.306 e. The SMILES string of the molecule is CN1CC[C@@H]2CN(N)C[C@@H]2C1. The van der Waals surface area contributed by atoms with Crippen LogP contribution in [0.2, 0.25) is 0 Å². The molecule has 2 aliphatic heterocycles. The van der Waals surface area contributed by atoms with Gasteiger partial charge in [-0.15, -0.1) is 0 Å². The van der Waals surface area contributed by atoms with E-state index in [2.05, 4.69) is 11.9 Å². The van der Waals surface area contributed by atoms with Gasteiger partial charge in [0.1, 0.15) is 0 Å². The zero-order valence-electron chi connectivity index (χ0n) is 7.16. The monoisotopic (exact) mass is 155 g/mol. The van der Waals surface area contributed by atoms with E-state index in [1.807, 2.05) is 5.01 Å². The Hall–Kier alpha value is -0.120. The first kappa shape index (κ1) is 7.53. The van der Waals surface area contributed by atoms with Crippen molar-refractivity contribution < 1.29 is 0 Å². The number of hydrogen-bond donors (Lipinski definition) is 1. The fourth-order valence-corrected chi connectivity index (χ4v) is 2.39. The van der Waals surface area contributed by atoms with Crippen molar-refractivity contribution in [1.29, 1.82) is 0 Å². The van der Waals surface area contributed by atoms with E-state index < -0.39 is 0 Å². The van der Waals surface area contributed by atoms with Gasteiger partial charge < -0.3 is 4.90 Å². The van der Waals surface area contributed by atoms with Crippen LogP contribution >= 0.6 is 0 Å². The van der Waals surface area contributed by atoms with Crippen LogP contribution in [0.5, 0.6) is 0 Å². The Balaban J connectivity index is 1.97. The van der Waals surface area contributed by atoms with Crippen molar-refractivity contribution >= 4 is 0 Å². The molecule has 2 rings (SSSR count). The van der Waals surface area contributed by atoms with Crippen LogP contribution in [-0.4, -0.2) is 43.1 Å². The van der Waals surface area contributed by atoms with E-state index in [9.17, 15) is 0 Å². The summed E-state index contributed by atoms with van der Waals surface area (Å²) in [6, 6.07) is 0. The highest BCUT2D eigenvalue weighted by atomic mass is 15.4. The number of fused-ring (bicyclic) bond motifs is 1. The van der Waals surface area contributed by atoms with Gasteiger partial charge in [-0.25, -0.2) is 5.01 Å². The average molecular weight is 155 g/mol. The second-order valence-corrected chi connectivity index (χ2v) is 4.02. The van der Waals surface area contributed by atoms with Gasteiger partial charge in [0.25, 0.3) is 0 Å². The third-order valence-electron chi connectivity index (χ3n) is 3.03. The lowest BCUT2D eigenvalue weighted by Gasteiger charge is -2.31. The van der Waals surface area contributed by atoms with Gasteiger partial charge >= 0.3 is 0 Å². The number of hydrogen-bond acceptors (Lipinski definition) is 3. The molecule has 2 atom stereocenters. The summed E-state index contributed by atoms with van der Waals surface area (Å²) in [4.78, 5) is 2.42. The van der Waals surface area contributed by atoms with Crippen molar-refractivity contribution in [1.82, 2.24) is 9.91 Å². The molecule has 0 spiro atoms. The van der Waals surface area contributed by atoms with Crippen molar-refractivity contribution in [3.05, 3.63) is 0 Å². The van der Waals surface area contributed by atoms with Crippen LogP contribution in [0.25, 0.3) is 0 Å². The van der Waals surface area contributed by atoms with Gasteiger partial charge in [-0.05, 0) is 31.8 Å². The summed E-state index contributed by atoms with van der Waals surface area (Å²) in [6.45, 7) is 4.74. The van der Waals surface area contributed by atoms with Gasteiger partial charge in [-0.2, -0.15) is 0 Å². The van der Waals surface area contributed by atoms with Crippen LogP contribution in [0.1, 0.15) is 6.42 Å². The molecule has 0 bridgehead atoms. The van der Waals surface area contributed by atoms with Gasteiger partial charge in [0.05, 0.1) is 0 Å². The first-order chi connectivity index (χ1) is 5.25. The molecular formula is C8H17N3. The van der Waals surface area contributed by atoms with Crippen LogP contribution < -0.4 is 5.84 Å². The fraction of sp³-hybridized carbons (Fsp3) is 1.00. The molecule has 64 valence electrons. The summed E-state index contributed by atoms with van der Waals surface area (Å²) in [7, 11) is 2.20. The van der Waals surface area contributed by atoms with Crippen LogP contribution in [-0.2, 0) is 0 Å². The fourth-order valence-electron chi connectivity index (χ4n) is 2.39. The summed E-state index contributed by atoms with van der Waals surface area (Å²) in [6.07, 6.45) is 1.34. The molecule has 2 fully saturated rings. The highest BCUT2D eigenvalue weighted by molar-refractivity contribution is 4.86. The maximum Gasteiger partial charge on any atom is 0.0172 e. The minimum atomic E-state index is 0.846. The quantitative estimate of drug-likeness (QED) is 0.489. The third kappa shape index (κ3) is 1.41. The molecule has 0 radical (unpaired) electrons. The number of nitrogens with two attached hydrogens (primary N) is 1. The molecule has 11 heavy (non-hydrogen) atoms. The molecule has 0 aromatic heterocycles. The van der Waals surface area contributed by atoms with E-state index in [0.29, 0.717) is 0 Å². The van der Waals surface area contributed by atoms with Crippen LogP contribution in [0.15, 0.2) is 0 Å². The predicted octanol–water partition coefficient (Wildman–Crippen LogP) is -0.256. The third-order valence-corrected chi connectivity index (χ3v) is 3.03. The molecule has 2 N–H and O–H groups in total. The topological polar surface area (TPSA) is 32.5 Å². The van der Waals surface area contributed by atoms with Crippen LogP contribution in [0.4, 0.5) is 0 Å². The summed E-state index contributed by atoms with van der Waals surface area (Å²) in [5.41, 5.74) is 0. The highest BCUT2D eigenvalue weighted by Gasteiger charge is 2.34. The van der Waals surface area contributed by atoms with E-state index in [1.165, 1.54) is 19.5 Å². The van der Waals surface area contributed by atoms with Crippen molar-refractivity contribution in [2.75, 3.05) is 33.2 Å². The first-order valence-electron chi connectivity index (χ1n) is 4.44. The van der Waals surface area contributed by atoms with E-state index in [0.717, 1.165) is 24.9 Å². The molecule has 0 amide bonds. The number of likely N-dealkylation sites (tertiary alicyclic amines) is 1. The van der Waals surface area contributed by atoms with Crippen LogP contribution in [0.3, 0.4) is 0 Å². The zero-order valence-corrected chi connectivity index (χ0v) is 7.16. The van der Waals surface area contributed by atoms with E-state index >= 15 is 0 Å². The molecular weight excluding hydrogens is 138 g/mol. The molecule has 0 aliphatic carbocycles. The predicted molar refractivity (Wildman–Crippen MR) is 44.9 cm³/mol. The molecule has 0 saturated carbocycles. The first-order valence-corrected chi connectivity index (χ1v) is 4.44. The molecule has 0 unspecified atom stereocenters. The maximum atomic E-state index is 5.75. The van der Waals surface area contributed by atoms with Gasteiger partial charge in [-0.3, -0.25) is 5.84 Å². The van der Waals surface area contributed by atoms with Gasteiger partial charge in [0.2, 0.25) is 0 Å². The van der Waals surface area contributed by atoms with Crippen LogP contribution in [0, 0.1) is 11.8 Å². The highest BCUT2D eigenvalue weighted by Crippen LogP contribution is 2.28. The number of nitrogens with zero attached hydrogens (tertiary/aromatic N) is 2. The lowest BCUT2D eigenvalue weighted by atomic mass is 9.89. The molecule has 0 aromatic rings. The molecule has 2 heterocycles. The lowest BCUT2D eigenvalue weighted by Crippen LogP contribution is -2.37. The normalized spacial score (nSPS) is 40.9. The number of piperidine rings is 1. The molecule has 2 saturated heterocycles. The summed E-state index contributed by atoms with van der Waals surface area (Å²) >= 11 is 0. The number of rotatable bonds is 0. The summed E-state index contributed by atoms with van der Waals surface area (Å²) in [5, 5.41) is 1.98. The second-order valence-electron chi connectivity index (χ2n) is 4.02. The van der Waals surface area contributed by atoms with Gasteiger partial charge in [-0.1, -0.05) is 0 Å². The standard InChI is InChI=1S/C8H17N3/c1-10-3-2-7-5-11(9)6-8(7)4-10/h7-8H,2-6,9H2,1H3/t7-,8+/m1/s1. The van der Waals surface area contributed by atoms with E-state index in [1.54, 1.807) is 0 Å². The molecule has 0 aromatic carbocycles. The Bertz CT molecular complexity index is 148. The van der Waals surface area contributed by atoms with Gasteiger partial charge in [0, 0.05) is 19.6 Å². The average Bonchev–Trinajstić information content (AvgIpc) is 2.27. The Labute approximate surface area is 68.1 Å². The zero-order chi connectivity index (χ0) is 7.84. The minimum absolute atomic E-state index is 0.846.